The van der Waals surface area contributed by atoms with Gasteiger partial charge in [0.15, 0.2) is 0 Å². The molecule has 0 radical (unpaired) electrons. The second kappa shape index (κ2) is 5.25. The molecule has 74 valence electrons. The summed E-state index contributed by atoms with van der Waals surface area (Å²) >= 11 is 11.6. The smallest absolute Gasteiger partial charge is 0.0135 e. The summed E-state index contributed by atoms with van der Waals surface area (Å²) in [4.78, 5) is 0. The Labute approximate surface area is 87.4 Å². The van der Waals surface area contributed by atoms with Crippen LogP contribution in [0.1, 0.15) is 27.7 Å². The van der Waals surface area contributed by atoms with Gasteiger partial charge in [-0.3, -0.25) is 0 Å². The van der Waals surface area contributed by atoms with Crippen LogP contribution in [0.3, 0.4) is 0 Å². The SMILES string of the molecule is CCP(=S)(CC)P(=S)(CC)CC. The summed E-state index contributed by atoms with van der Waals surface area (Å²) in [5.74, 6) is 0. The van der Waals surface area contributed by atoms with Crippen LogP contribution in [0, 0.1) is 0 Å². The Morgan fingerprint density at radius 2 is 0.833 bits per heavy atom. The van der Waals surface area contributed by atoms with E-state index in [-0.39, 0.29) is 0 Å². The molecule has 0 rings (SSSR count). The summed E-state index contributed by atoms with van der Waals surface area (Å²) in [5, 5.41) is 0. The summed E-state index contributed by atoms with van der Waals surface area (Å²) in [5.41, 5.74) is -2.29. The van der Waals surface area contributed by atoms with Crippen LogP contribution < -0.4 is 0 Å². The average molecular weight is 242 g/mol. The number of hydrogen-bond acceptors (Lipinski definition) is 2. The van der Waals surface area contributed by atoms with Crippen molar-refractivity contribution in [2.75, 3.05) is 24.6 Å². The second-order valence-electron chi connectivity index (χ2n) is 2.96. The van der Waals surface area contributed by atoms with Crippen molar-refractivity contribution in [2.24, 2.45) is 0 Å². The van der Waals surface area contributed by atoms with Crippen LogP contribution in [0.25, 0.3) is 0 Å². The first-order valence-corrected chi connectivity index (χ1v) is 11.7. The maximum Gasteiger partial charge on any atom is -0.0135 e. The van der Waals surface area contributed by atoms with Gasteiger partial charge in [-0.25, -0.2) is 0 Å². The quantitative estimate of drug-likeness (QED) is 0.670. The minimum atomic E-state index is -1.14. The van der Waals surface area contributed by atoms with Crippen LogP contribution in [0.5, 0.6) is 0 Å². The van der Waals surface area contributed by atoms with Gasteiger partial charge in [-0.15, -0.1) is 0 Å². The van der Waals surface area contributed by atoms with Crippen molar-refractivity contribution in [3.63, 3.8) is 0 Å². The van der Waals surface area contributed by atoms with E-state index < -0.39 is 11.5 Å². The molecule has 0 bridgehead atoms. The van der Waals surface area contributed by atoms with Gasteiger partial charge in [0.2, 0.25) is 0 Å². The normalized spacial score (nSPS) is 13.3. The molecule has 0 atom stereocenters. The molecule has 0 N–H and O–H groups in total. The van der Waals surface area contributed by atoms with E-state index in [2.05, 4.69) is 27.7 Å². The van der Waals surface area contributed by atoms with Crippen molar-refractivity contribution in [1.82, 2.24) is 0 Å². The first-order valence-electron chi connectivity index (χ1n) is 4.66. The fraction of sp³-hybridized carbons (Fsp3) is 1.00. The van der Waals surface area contributed by atoms with Gasteiger partial charge in [-0.05, 0) is 36.1 Å². The van der Waals surface area contributed by atoms with E-state index in [0.29, 0.717) is 0 Å². The Morgan fingerprint density at radius 3 is 0.917 bits per heavy atom. The van der Waals surface area contributed by atoms with E-state index in [1.807, 2.05) is 0 Å². The predicted octanol–water partition coefficient (Wildman–Crippen LogP) is 3.94. The molecule has 0 saturated heterocycles. The standard InChI is InChI=1S/C8H20P2S2/c1-5-9(11,6-2)10(12,7-3)8-4/h5-8H2,1-4H3. The van der Waals surface area contributed by atoms with Crippen LogP contribution in [-0.2, 0) is 23.6 Å². The average Bonchev–Trinajstić information content (AvgIpc) is 2.15. The van der Waals surface area contributed by atoms with Crippen molar-refractivity contribution >= 4 is 35.1 Å². The Kier molecular flexibility index (Phi) is 5.82. The van der Waals surface area contributed by atoms with Crippen molar-refractivity contribution in [2.45, 2.75) is 27.7 Å². The fourth-order valence-corrected chi connectivity index (χ4v) is 14.8. The third-order valence-electron chi connectivity index (χ3n) is 2.64. The van der Waals surface area contributed by atoms with E-state index in [1.54, 1.807) is 0 Å². The van der Waals surface area contributed by atoms with Crippen molar-refractivity contribution < 1.29 is 0 Å². The Bertz CT molecular complexity index is 183. The van der Waals surface area contributed by atoms with Crippen molar-refractivity contribution in [1.29, 1.82) is 0 Å². The monoisotopic (exact) mass is 242 g/mol. The topological polar surface area (TPSA) is 0 Å². The molecule has 0 spiro atoms. The van der Waals surface area contributed by atoms with Gasteiger partial charge >= 0.3 is 0 Å². The molecule has 0 heterocycles. The van der Waals surface area contributed by atoms with Gasteiger partial charge < -0.3 is 0 Å². The summed E-state index contributed by atoms with van der Waals surface area (Å²) in [7, 11) is 0. The molecular weight excluding hydrogens is 222 g/mol. The van der Waals surface area contributed by atoms with Gasteiger partial charge in [-0.1, -0.05) is 51.3 Å². The molecule has 0 aromatic heterocycles. The minimum Gasteiger partial charge on any atom is -0.0919 e. The zero-order chi connectivity index (χ0) is 9.83. The Morgan fingerprint density at radius 1 is 0.667 bits per heavy atom. The highest BCUT2D eigenvalue weighted by Gasteiger charge is 2.28. The third-order valence-corrected chi connectivity index (χ3v) is 25.0. The summed E-state index contributed by atoms with van der Waals surface area (Å²) in [6.07, 6.45) is 4.71. The van der Waals surface area contributed by atoms with Gasteiger partial charge in [0.1, 0.15) is 0 Å². The van der Waals surface area contributed by atoms with Crippen LogP contribution in [0.2, 0.25) is 0 Å². The van der Waals surface area contributed by atoms with Crippen LogP contribution in [0.15, 0.2) is 0 Å². The minimum absolute atomic E-state index is 1.14. The molecule has 0 aromatic carbocycles. The summed E-state index contributed by atoms with van der Waals surface area (Å²) in [6, 6.07) is 0. The largest absolute Gasteiger partial charge is 0.0919 e. The van der Waals surface area contributed by atoms with E-state index in [9.17, 15) is 0 Å². The lowest BCUT2D eigenvalue weighted by atomic mass is 11.0. The predicted molar refractivity (Wildman–Crippen MR) is 70.7 cm³/mol. The molecule has 0 aliphatic carbocycles. The van der Waals surface area contributed by atoms with E-state index in [0.717, 1.165) is 0 Å². The molecular formula is C8H20P2S2. The summed E-state index contributed by atoms with van der Waals surface area (Å²) in [6.45, 7) is 8.93. The maximum absolute atomic E-state index is 5.79. The van der Waals surface area contributed by atoms with Gasteiger partial charge in [0.25, 0.3) is 0 Å². The highest BCUT2D eigenvalue weighted by atomic mass is 32.8. The van der Waals surface area contributed by atoms with Crippen LogP contribution >= 0.6 is 11.5 Å². The molecule has 0 nitrogen and oxygen atoms in total. The first-order chi connectivity index (χ1) is 5.49. The Balaban J connectivity index is 4.94. The molecule has 12 heavy (non-hydrogen) atoms. The molecule has 0 amide bonds. The van der Waals surface area contributed by atoms with Crippen molar-refractivity contribution in [3.05, 3.63) is 0 Å². The molecule has 0 fully saturated rings. The van der Waals surface area contributed by atoms with Crippen LogP contribution in [-0.4, -0.2) is 24.6 Å². The molecule has 0 aliphatic rings. The third kappa shape index (κ3) is 2.41. The zero-order valence-electron chi connectivity index (χ0n) is 8.54. The maximum atomic E-state index is 5.79. The molecule has 0 saturated carbocycles. The Hall–Kier alpha value is 1.30. The molecule has 0 aromatic rings. The zero-order valence-corrected chi connectivity index (χ0v) is 12.0. The fourth-order valence-electron chi connectivity index (χ4n) is 1.48. The van der Waals surface area contributed by atoms with Gasteiger partial charge in [-0.2, -0.15) is 0 Å². The highest BCUT2D eigenvalue weighted by molar-refractivity contribution is 8.66. The number of rotatable bonds is 5. The second-order valence-corrected chi connectivity index (χ2v) is 19.3. The van der Waals surface area contributed by atoms with E-state index in [1.165, 1.54) is 24.6 Å². The lowest BCUT2D eigenvalue weighted by molar-refractivity contribution is 1.40. The van der Waals surface area contributed by atoms with Crippen LogP contribution in [0.4, 0.5) is 0 Å². The molecule has 4 heteroatoms. The van der Waals surface area contributed by atoms with Gasteiger partial charge in [0, 0.05) is 0 Å². The molecule has 0 unspecified atom stereocenters. The first kappa shape index (κ1) is 13.3. The van der Waals surface area contributed by atoms with Crippen molar-refractivity contribution in [3.8, 4) is 0 Å². The lowest BCUT2D eigenvalue weighted by Gasteiger charge is -2.32. The lowest BCUT2D eigenvalue weighted by Crippen LogP contribution is -1.96. The van der Waals surface area contributed by atoms with Gasteiger partial charge in [0.05, 0.1) is 0 Å². The highest BCUT2D eigenvalue weighted by Crippen LogP contribution is 2.80. The summed E-state index contributed by atoms with van der Waals surface area (Å²) < 4.78 is 0. The number of hydrogen-bond donors (Lipinski definition) is 0. The van der Waals surface area contributed by atoms with E-state index >= 15 is 0 Å². The van der Waals surface area contributed by atoms with E-state index in [4.69, 9.17) is 23.6 Å². The molecule has 0 aliphatic heterocycles.